The zero-order valence-corrected chi connectivity index (χ0v) is 19.5. The van der Waals surface area contributed by atoms with E-state index in [4.69, 9.17) is 9.15 Å². The maximum Gasteiger partial charge on any atom is 0.226 e. The number of hydrogen-bond acceptors (Lipinski definition) is 4. The molecule has 0 amide bonds. The number of nitrogens with one attached hydrogen (secondary N) is 2. The number of aliphatic imine (C=N–C) groups is 1. The molecule has 6 nitrogen and oxygen atoms in total. The number of rotatable bonds is 11. The average molecular weight is 500 g/mol. The van der Waals surface area contributed by atoms with Gasteiger partial charge in [-0.05, 0) is 38.8 Å². The fourth-order valence-electron chi connectivity index (χ4n) is 2.44. The van der Waals surface area contributed by atoms with Crippen molar-refractivity contribution in [1.29, 1.82) is 0 Å². The Labute approximate surface area is 185 Å². The highest BCUT2D eigenvalue weighted by Crippen LogP contribution is 2.19. The molecule has 7 heteroatoms. The highest BCUT2D eigenvalue weighted by atomic mass is 127. The van der Waals surface area contributed by atoms with Gasteiger partial charge in [-0.15, -0.1) is 24.0 Å². The van der Waals surface area contributed by atoms with E-state index in [1.54, 1.807) is 6.26 Å². The molecule has 0 unspecified atom stereocenters. The molecule has 0 aliphatic heterocycles. The van der Waals surface area contributed by atoms with Crippen LogP contribution in [0.25, 0.3) is 11.5 Å². The molecule has 0 atom stereocenters. The van der Waals surface area contributed by atoms with Crippen molar-refractivity contribution >= 4 is 29.9 Å². The normalized spacial score (nSPS) is 11.2. The van der Waals surface area contributed by atoms with Crippen LogP contribution in [0.1, 0.15) is 44.4 Å². The lowest BCUT2D eigenvalue weighted by molar-refractivity contribution is 0.129. The lowest BCUT2D eigenvalue weighted by Gasteiger charge is -2.11. The Morgan fingerprint density at radius 2 is 1.86 bits per heavy atom. The first kappa shape index (κ1) is 24.4. The zero-order chi connectivity index (χ0) is 19.3. The van der Waals surface area contributed by atoms with Crippen molar-refractivity contribution in [1.82, 2.24) is 15.6 Å². The van der Waals surface area contributed by atoms with Crippen molar-refractivity contribution in [2.75, 3.05) is 26.3 Å². The molecule has 1 heterocycles. The molecule has 2 aromatic rings. The minimum Gasteiger partial charge on any atom is -0.444 e. The molecule has 0 saturated carbocycles. The standard InChI is InChI=1S/C21H32N4O2.HI/c1-4-6-13-26-14-7-12-23-21(22-5-2)24-15-19-16-27-20(25-19)18-10-8-17(3)9-11-18;/h8-11,16H,4-7,12-15H2,1-3H3,(H2,22,23,24);1H. The molecule has 2 N–H and O–H groups in total. The molecule has 1 aromatic carbocycles. The van der Waals surface area contributed by atoms with E-state index in [1.165, 1.54) is 12.0 Å². The van der Waals surface area contributed by atoms with Gasteiger partial charge in [0.25, 0.3) is 0 Å². The third-order valence-electron chi connectivity index (χ3n) is 3.99. The summed E-state index contributed by atoms with van der Waals surface area (Å²) in [5.41, 5.74) is 3.00. The van der Waals surface area contributed by atoms with E-state index in [0.717, 1.165) is 56.4 Å². The van der Waals surface area contributed by atoms with Crippen LogP contribution in [-0.2, 0) is 11.3 Å². The average Bonchev–Trinajstić information content (AvgIpc) is 3.15. The summed E-state index contributed by atoms with van der Waals surface area (Å²) in [5, 5.41) is 6.58. The number of benzene rings is 1. The lowest BCUT2D eigenvalue weighted by Crippen LogP contribution is -2.38. The molecule has 156 valence electrons. The highest BCUT2D eigenvalue weighted by molar-refractivity contribution is 14.0. The second-order valence-corrected chi connectivity index (χ2v) is 6.45. The van der Waals surface area contributed by atoms with E-state index < -0.39 is 0 Å². The van der Waals surface area contributed by atoms with Crippen molar-refractivity contribution in [3.63, 3.8) is 0 Å². The van der Waals surface area contributed by atoms with E-state index in [0.29, 0.717) is 12.4 Å². The first-order valence-corrected chi connectivity index (χ1v) is 9.84. The Morgan fingerprint density at radius 1 is 1.11 bits per heavy atom. The van der Waals surface area contributed by atoms with Gasteiger partial charge in [0, 0.05) is 31.9 Å². The van der Waals surface area contributed by atoms with Gasteiger partial charge in [-0.25, -0.2) is 9.98 Å². The summed E-state index contributed by atoms with van der Waals surface area (Å²) >= 11 is 0. The summed E-state index contributed by atoms with van der Waals surface area (Å²) in [6.07, 6.45) is 4.92. The van der Waals surface area contributed by atoms with Gasteiger partial charge in [0.1, 0.15) is 12.0 Å². The number of hydrogen-bond donors (Lipinski definition) is 2. The fourth-order valence-corrected chi connectivity index (χ4v) is 2.44. The summed E-state index contributed by atoms with van der Waals surface area (Å²) in [7, 11) is 0. The number of halogens is 1. The monoisotopic (exact) mass is 500 g/mol. The van der Waals surface area contributed by atoms with Crippen LogP contribution in [0.15, 0.2) is 39.9 Å². The molecule has 0 fully saturated rings. The van der Waals surface area contributed by atoms with Crippen LogP contribution in [0, 0.1) is 6.92 Å². The molecule has 0 radical (unpaired) electrons. The molecule has 0 aliphatic carbocycles. The van der Waals surface area contributed by atoms with Crippen LogP contribution in [0.5, 0.6) is 0 Å². The van der Waals surface area contributed by atoms with Crippen molar-refractivity contribution in [3.8, 4) is 11.5 Å². The molecule has 0 spiro atoms. The van der Waals surface area contributed by atoms with E-state index in [-0.39, 0.29) is 24.0 Å². The van der Waals surface area contributed by atoms with Crippen molar-refractivity contribution in [3.05, 3.63) is 41.8 Å². The van der Waals surface area contributed by atoms with Crippen LogP contribution in [-0.4, -0.2) is 37.2 Å². The van der Waals surface area contributed by atoms with Crippen LogP contribution < -0.4 is 10.6 Å². The Bertz CT molecular complexity index is 686. The number of unbranched alkanes of at least 4 members (excludes halogenated alkanes) is 1. The molecule has 0 aliphatic rings. The number of oxazole rings is 1. The highest BCUT2D eigenvalue weighted by Gasteiger charge is 2.06. The molecule has 1 aromatic heterocycles. The smallest absolute Gasteiger partial charge is 0.226 e. The van der Waals surface area contributed by atoms with Gasteiger partial charge < -0.3 is 19.8 Å². The van der Waals surface area contributed by atoms with Gasteiger partial charge in [0.05, 0.1) is 6.54 Å². The third-order valence-corrected chi connectivity index (χ3v) is 3.99. The van der Waals surface area contributed by atoms with E-state index in [9.17, 15) is 0 Å². The van der Waals surface area contributed by atoms with Crippen LogP contribution in [0.3, 0.4) is 0 Å². The van der Waals surface area contributed by atoms with Crippen LogP contribution in [0.4, 0.5) is 0 Å². The van der Waals surface area contributed by atoms with E-state index >= 15 is 0 Å². The topological polar surface area (TPSA) is 71.7 Å². The number of nitrogens with zero attached hydrogens (tertiary/aromatic N) is 2. The molecule has 28 heavy (non-hydrogen) atoms. The minimum absolute atomic E-state index is 0. The summed E-state index contributed by atoms with van der Waals surface area (Å²) in [6.45, 7) is 10.0. The number of aryl methyl sites for hydroxylation is 1. The predicted molar refractivity (Wildman–Crippen MR) is 125 cm³/mol. The maximum atomic E-state index is 5.59. The quantitative estimate of drug-likeness (QED) is 0.205. The first-order valence-electron chi connectivity index (χ1n) is 9.84. The zero-order valence-electron chi connectivity index (χ0n) is 17.2. The van der Waals surface area contributed by atoms with Gasteiger partial charge in [0.15, 0.2) is 5.96 Å². The molecule has 0 saturated heterocycles. The lowest BCUT2D eigenvalue weighted by atomic mass is 10.1. The first-order chi connectivity index (χ1) is 13.2. The summed E-state index contributed by atoms with van der Waals surface area (Å²) in [4.78, 5) is 9.11. The van der Waals surface area contributed by atoms with Crippen molar-refractivity contribution in [2.24, 2.45) is 4.99 Å². The number of ether oxygens (including phenoxy) is 1. The molecule has 0 bridgehead atoms. The fraction of sp³-hybridized carbons (Fsp3) is 0.524. The maximum absolute atomic E-state index is 5.59. The second kappa shape index (κ2) is 14.4. The summed E-state index contributed by atoms with van der Waals surface area (Å²) < 4.78 is 11.2. The minimum atomic E-state index is 0. The van der Waals surface area contributed by atoms with Gasteiger partial charge in [-0.1, -0.05) is 31.0 Å². The van der Waals surface area contributed by atoms with Gasteiger partial charge in [-0.3, -0.25) is 0 Å². The summed E-state index contributed by atoms with van der Waals surface area (Å²) in [5.74, 6) is 1.41. The van der Waals surface area contributed by atoms with E-state index in [1.807, 2.05) is 12.1 Å². The second-order valence-electron chi connectivity index (χ2n) is 6.45. The molecule has 2 rings (SSSR count). The van der Waals surface area contributed by atoms with Crippen LogP contribution in [0.2, 0.25) is 0 Å². The van der Waals surface area contributed by atoms with Crippen LogP contribution >= 0.6 is 24.0 Å². The predicted octanol–water partition coefficient (Wildman–Crippen LogP) is 4.53. The van der Waals surface area contributed by atoms with Gasteiger partial charge in [0.2, 0.25) is 5.89 Å². The van der Waals surface area contributed by atoms with Crippen molar-refractivity contribution < 1.29 is 9.15 Å². The Hall–Kier alpha value is -1.61. The Morgan fingerprint density at radius 3 is 2.57 bits per heavy atom. The van der Waals surface area contributed by atoms with Crippen molar-refractivity contribution in [2.45, 2.75) is 46.6 Å². The SMILES string of the molecule is CCCCOCCCNC(=NCc1coc(-c2ccc(C)cc2)n1)NCC.I. The summed E-state index contributed by atoms with van der Waals surface area (Å²) in [6, 6.07) is 8.14. The van der Waals surface area contributed by atoms with E-state index in [2.05, 4.69) is 53.5 Å². The van der Waals surface area contributed by atoms with Gasteiger partial charge in [-0.2, -0.15) is 0 Å². The Kier molecular flexibility index (Phi) is 12.6. The van der Waals surface area contributed by atoms with Gasteiger partial charge >= 0.3 is 0 Å². The molecular weight excluding hydrogens is 467 g/mol. The largest absolute Gasteiger partial charge is 0.444 e. The third kappa shape index (κ3) is 9.05. The molecular formula is C21H33IN4O2. The number of guanidine groups is 1. The number of aromatic nitrogens is 1. The Balaban J connectivity index is 0.00000392.